The largest absolute Gasteiger partial charge is 0.395 e. The van der Waals surface area contributed by atoms with Crippen molar-refractivity contribution in [2.75, 3.05) is 18.1 Å². The molecule has 20 heavy (non-hydrogen) atoms. The summed E-state index contributed by atoms with van der Waals surface area (Å²) in [5, 5.41) is 9.34. The normalized spacial score (nSPS) is 12.8. The molecule has 3 N–H and O–H groups in total. The summed E-state index contributed by atoms with van der Waals surface area (Å²) < 4.78 is 13.8. The highest BCUT2D eigenvalue weighted by Gasteiger charge is 2.21. The molecular formula is C16H27FN2O. The van der Waals surface area contributed by atoms with Crippen molar-refractivity contribution in [1.29, 1.82) is 0 Å². The molecule has 0 aromatic heterocycles. The van der Waals surface area contributed by atoms with Crippen molar-refractivity contribution >= 4 is 5.69 Å². The van der Waals surface area contributed by atoms with Crippen LogP contribution in [0.5, 0.6) is 0 Å². The fraction of sp³-hybridized carbons (Fsp3) is 0.625. The maximum atomic E-state index is 13.8. The smallest absolute Gasteiger partial charge is 0.126 e. The highest BCUT2D eigenvalue weighted by Crippen LogP contribution is 2.31. The lowest BCUT2D eigenvalue weighted by atomic mass is 10.00. The monoisotopic (exact) mass is 282 g/mol. The first-order valence-corrected chi connectivity index (χ1v) is 7.39. The van der Waals surface area contributed by atoms with E-state index in [1.807, 2.05) is 13.0 Å². The first kappa shape index (κ1) is 16.9. The van der Waals surface area contributed by atoms with Gasteiger partial charge in [0.25, 0.3) is 0 Å². The molecule has 1 aromatic rings. The van der Waals surface area contributed by atoms with Crippen LogP contribution in [-0.2, 0) is 0 Å². The first-order valence-electron chi connectivity index (χ1n) is 7.39. The second-order valence-electron chi connectivity index (χ2n) is 5.34. The number of hydrogen-bond donors (Lipinski definition) is 2. The van der Waals surface area contributed by atoms with E-state index in [1.54, 1.807) is 6.92 Å². The van der Waals surface area contributed by atoms with Crippen molar-refractivity contribution in [3.8, 4) is 0 Å². The van der Waals surface area contributed by atoms with Crippen LogP contribution in [0.2, 0.25) is 0 Å². The fourth-order valence-electron chi connectivity index (χ4n) is 2.63. The molecule has 0 unspecified atom stereocenters. The molecule has 0 saturated carbocycles. The maximum absolute atomic E-state index is 13.8. The molecule has 0 fully saturated rings. The molecule has 0 aliphatic rings. The molecule has 0 heterocycles. The molecule has 0 spiro atoms. The summed E-state index contributed by atoms with van der Waals surface area (Å²) in [6.07, 6.45) is 1.95. The van der Waals surface area contributed by atoms with Crippen molar-refractivity contribution in [2.45, 2.75) is 52.6 Å². The Morgan fingerprint density at radius 2 is 1.90 bits per heavy atom. The van der Waals surface area contributed by atoms with Gasteiger partial charge in [0.1, 0.15) is 5.82 Å². The summed E-state index contributed by atoms with van der Waals surface area (Å²) in [5.74, 6) is -0.227. The van der Waals surface area contributed by atoms with Crippen LogP contribution in [0.25, 0.3) is 0 Å². The number of nitrogens with two attached hydrogens (primary N) is 1. The predicted molar refractivity (Wildman–Crippen MR) is 82.5 cm³/mol. The van der Waals surface area contributed by atoms with E-state index >= 15 is 0 Å². The molecular weight excluding hydrogens is 255 g/mol. The van der Waals surface area contributed by atoms with E-state index < -0.39 is 0 Å². The van der Waals surface area contributed by atoms with E-state index in [0.29, 0.717) is 18.2 Å². The summed E-state index contributed by atoms with van der Waals surface area (Å²) in [4.78, 5) is 2.16. The Morgan fingerprint density at radius 1 is 1.30 bits per heavy atom. The van der Waals surface area contributed by atoms with E-state index in [9.17, 15) is 9.50 Å². The van der Waals surface area contributed by atoms with Crippen LogP contribution in [-0.4, -0.2) is 24.3 Å². The van der Waals surface area contributed by atoms with Gasteiger partial charge < -0.3 is 15.7 Å². The lowest BCUT2D eigenvalue weighted by Gasteiger charge is -2.34. The van der Waals surface area contributed by atoms with Gasteiger partial charge in [-0.15, -0.1) is 0 Å². The number of halogens is 1. The molecule has 114 valence electrons. The molecule has 1 atom stereocenters. The number of aryl methyl sites for hydroxylation is 1. The SMILES string of the molecule is CCC(CC)N(CCO)c1cc(C)c(F)cc1[C@@H](C)N. The Labute approximate surface area is 121 Å². The summed E-state index contributed by atoms with van der Waals surface area (Å²) in [7, 11) is 0. The fourth-order valence-corrected chi connectivity index (χ4v) is 2.63. The molecule has 0 aliphatic heterocycles. The van der Waals surface area contributed by atoms with Gasteiger partial charge in [0.05, 0.1) is 6.61 Å². The van der Waals surface area contributed by atoms with Crippen LogP contribution in [0, 0.1) is 12.7 Å². The second-order valence-corrected chi connectivity index (χ2v) is 5.34. The highest BCUT2D eigenvalue weighted by molar-refractivity contribution is 5.57. The van der Waals surface area contributed by atoms with Gasteiger partial charge in [-0.3, -0.25) is 0 Å². The maximum Gasteiger partial charge on any atom is 0.126 e. The molecule has 1 aromatic carbocycles. The highest BCUT2D eigenvalue weighted by atomic mass is 19.1. The lowest BCUT2D eigenvalue weighted by Crippen LogP contribution is -2.38. The average molecular weight is 282 g/mol. The van der Waals surface area contributed by atoms with Gasteiger partial charge in [-0.25, -0.2) is 4.39 Å². The Bertz CT molecular complexity index is 431. The van der Waals surface area contributed by atoms with Crippen molar-refractivity contribution in [3.63, 3.8) is 0 Å². The number of anilines is 1. The Balaban J connectivity index is 3.33. The summed E-state index contributed by atoms with van der Waals surface area (Å²) in [5.41, 5.74) is 8.35. The minimum atomic E-state index is -0.240. The van der Waals surface area contributed by atoms with Crippen LogP contribution in [0.1, 0.15) is 50.8 Å². The van der Waals surface area contributed by atoms with E-state index in [0.717, 1.165) is 24.1 Å². The second kappa shape index (κ2) is 7.60. The average Bonchev–Trinajstić information content (AvgIpc) is 2.41. The quantitative estimate of drug-likeness (QED) is 0.807. The third-order valence-corrected chi connectivity index (χ3v) is 3.83. The Morgan fingerprint density at radius 3 is 2.35 bits per heavy atom. The van der Waals surface area contributed by atoms with Gasteiger partial charge >= 0.3 is 0 Å². The molecule has 0 radical (unpaired) electrons. The molecule has 3 nitrogen and oxygen atoms in total. The molecule has 4 heteroatoms. The predicted octanol–water partition coefficient (Wildman–Crippen LogP) is 3.14. The summed E-state index contributed by atoms with van der Waals surface area (Å²) in [6.45, 7) is 8.48. The van der Waals surface area contributed by atoms with Crippen LogP contribution in [0.4, 0.5) is 10.1 Å². The number of aliphatic hydroxyl groups excluding tert-OH is 1. The van der Waals surface area contributed by atoms with Gasteiger partial charge in [0.15, 0.2) is 0 Å². The number of benzene rings is 1. The van der Waals surface area contributed by atoms with Gasteiger partial charge in [-0.05, 0) is 49.9 Å². The lowest BCUT2D eigenvalue weighted by molar-refractivity contribution is 0.295. The molecule has 1 rings (SSSR count). The zero-order valence-electron chi connectivity index (χ0n) is 13.0. The zero-order valence-corrected chi connectivity index (χ0v) is 13.0. The van der Waals surface area contributed by atoms with Crippen molar-refractivity contribution in [1.82, 2.24) is 0 Å². The van der Waals surface area contributed by atoms with Gasteiger partial charge in [0.2, 0.25) is 0 Å². The van der Waals surface area contributed by atoms with Crippen molar-refractivity contribution in [3.05, 3.63) is 29.1 Å². The van der Waals surface area contributed by atoms with Gasteiger partial charge in [-0.1, -0.05) is 13.8 Å². The van der Waals surface area contributed by atoms with Gasteiger partial charge in [0, 0.05) is 24.3 Å². The third kappa shape index (κ3) is 3.70. The van der Waals surface area contributed by atoms with Crippen LogP contribution in [0.15, 0.2) is 12.1 Å². The Hall–Kier alpha value is -1.13. The Kier molecular flexibility index (Phi) is 6.43. The summed E-state index contributed by atoms with van der Waals surface area (Å²) in [6, 6.07) is 3.46. The van der Waals surface area contributed by atoms with E-state index in [-0.39, 0.29) is 18.5 Å². The van der Waals surface area contributed by atoms with E-state index in [1.165, 1.54) is 6.07 Å². The standard InChI is InChI=1S/C16H27FN2O/c1-5-13(6-2)19(7-8-20)16-9-11(3)15(17)10-14(16)12(4)18/h9-10,12-13,20H,5-8,18H2,1-4H3/t12-/m1/s1. The topological polar surface area (TPSA) is 49.5 Å². The molecule has 0 saturated heterocycles. The van der Waals surface area contributed by atoms with Crippen LogP contribution < -0.4 is 10.6 Å². The van der Waals surface area contributed by atoms with Crippen molar-refractivity contribution < 1.29 is 9.50 Å². The van der Waals surface area contributed by atoms with Crippen LogP contribution >= 0.6 is 0 Å². The third-order valence-electron chi connectivity index (χ3n) is 3.83. The molecule has 0 aliphatic carbocycles. The minimum Gasteiger partial charge on any atom is -0.395 e. The minimum absolute atomic E-state index is 0.0747. The molecule has 0 bridgehead atoms. The van der Waals surface area contributed by atoms with E-state index in [4.69, 9.17) is 5.73 Å². The number of aliphatic hydroxyl groups is 1. The number of hydrogen-bond acceptors (Lipinski definition) is 3. The van der Waals surface area contributed by atoms with E-state index in [2.05, 4.69) is 18.7 Å². The number of rotatable bonds is 7. The number of nitrogens with zero attached hydrogens (tertiary/aromatic N) is 1. The molecule has 0 amide bonds. The van der Waals surface area contributed by atoms with Crippen LogP contribution in [0.3, 0.4) is 0 Å². The van der Waals surface area contributed by atoms with Crippen molar-refractivity contribution in [2.24, 2.45) is 5.73 Å². The zero-order chi connectivity index (χ0) is 15.3. The van der Waals surface area contributed by atoms with Gasteiger partial charge in [-0.2, -0.15) is 0 Å². The first-order chi connectivity index (χ1) is 9.46. The summed E-state index contributed by atoms with van der Waals surface area (Å²) >= 11 is 0.